The molecule has 0 saturated heterocycles. The van der Waals surface area contributed by atoms with Crippen molar-refractivity contribution in [2.75, 3.05) is 0 Å². The molecule has 0 aromatic carbocycles. The van der Waals surface area contributed by atoms with E-state index in [1.54, 1.807) is 6.92 Å². The number of carbonyl (C=O) groups excluding carboxylic acids is 2. The lowest BCUT2D eigenvalue weighted by atomic mass is 9.97. The number of quaternary nitrogens is 1. The summed E-state index contributed by atoms with van der Waals surface area (Å²) in [6.45, 7) is 7.38. The quantitative estimate of drug-likeness (QED) is 0.583. The maximum absolute atomic E-state index is 11.7. The minimum Gasteiger partial charge on any atom is -0.548 e. The zero-order valence-corrected chi connectivity index (χ0v) is 10.4. The molecule has 94 valence electrons. The van der Waals surface area contributed by atoms with Crippen molar-refractivity contribution in [1.82, 2.24) is 5.32 Å². The topological polar surface area (TPSA) is 96.9 Å². The van der Waals surface area contributed by atoms with E-state index in [9.17, 15) is 14.7 Å². The van der Waals surface area contributed by atoms with Gasteiger partial charge in [0.15, 0.2) is 6.04 Å². The van der Waals surface area contributed by atoms with Crippen LogP contribution in [0.25, 0.3) is 0 Å². The van der Waals surface area contributed by atoms with Gasteiger partial charge in [0.1, 0.15) is 0 Å². The molecule has 0 radical (unpaired) electrons. The highest BCUT2D eigenvalue weighted by molar-refractivity contribution is 5.85. The van der Waals surface area contributed by atoms with Crippen LogP contribution in [0, 0.1) is 11.8 Å². The fourth-order valence-corrected chi connectivity index (χ4v) is 1.23. The number of aliphatic carboxylic acids is 1. The van der Waals surface area contributed by atoms with E-state index in [1.807, 2.05) is 20.8 Å². The number of hydrogen-bond donors (Lipinski definition) is 2. The Kier molecular flexibility index (Phi) is 6.03. The molecule has 0 aliphatic rings. The van der Waals surface area contributed by atoms with Gasteiger partial charge in [-0.15, -0.1) is 0 Å². The van der Waals surface area contributed by atoms with Gasteiger partial charge in [-0.05, 0) is 5.92 Å². The third-order valence-electron chi connectivity index (χ3n) is 2.91. The van der Waals surface area contributed by atoms with E-state index >= 15 is 0 Å². The van der Waals surface area contributed by atoms with E-state index in [4.69, 9.17) is 0 Å². The zero-order valence-electron chi connectivity index (χ0n) is 10.4. The van der Waals surface area contributed by atoms with Crippen LogP contribution in [0.4, 0.5) is 0 Å². The second kappa shape index (κ2) is 6.48. The Morgan fingerprint density at radius 1 is 1.31 bits per heavy atom. The highest BCUT2D eigenvalue weighted by Crippen LogP contribution is 2.07. The molecule has 0 aromatic rings. The average Bonchev–Trinajstić information content (AvgIpc) is 2.22. The molecule has 3 unspecified atom stereocenters. The molecule has 0 bridgehead atoms. The fraction of sp³-hybridized carbons (Fsp3) is 0.818. The van der Waals surface area contributed by atoms with Crippen LogP contribution in [0.5, 0.6) is 0 Å². The number of nitrogens with one attached hydrogen (secondary N) is 1. The van der Waals surface area contributed by atoms with Crippen molar-refractivity contribution in [2.24, 2.45) is 11.8 Å². The largest absolute Gasteiger partial charge is 0.548 e. The van der Waals surface area contributed by atoms with E-state index in [2.05, 4.69) is 11.1 Å². The van der Waals surface area contributed by atoms with E-state index in [0.717, 1.165) is 0 Å². The van der Waals surface area contributed by atoms with E-state index in [0.29, 0.717) is 6.42 Å². The number of carbonyl (C=O) groups is 2. The molecule has 1 amide bonds. The van der Waals surface area contributed by atoms with Crippen LogP contribution in [-0.4, -0.2) is 24.0 Å². The standard InChI is InChI=1S/C11H22N2O3/c1-5-7(4)9(11(15)16)13-10(14)8(12)6(2)3/h6-9H,5,12H2,1-4H3,(H,13,14)(H,15,16). The van der Waals surface area contributed by atoms with Crippen LogP contribution >= 0.6 is 0 Å². The van der Waals surface area contributed by atoms with Crippen molar-refractivity contribution in [3.8, 4) is 0 Å². The molecule has 4 N–H and O–H groups in total. The van der Waals surface area contributed by atoms with Crippen LogP contribution in [0.2, 0.25) is 0 Å². The maximum atomic E-state index is 11.7. The van der Waals surface area contributed by atoms with Gasteiger partial charge >= 0.3 is 0 Å². The Labute approximate surface area is 96.4 Å². The lowest BCUT2D eigenvalue weighted by molar-refractivity contribution is -0.414. The summed E-state index contributed by atoms with van der Waals surface area (Å²) in [5.41, 5.74) is 3.71. The van der Waals surface area contributed by atoms with Gasteiger partial charge in [-0.3, -0.25) is 4.79 Å². The van der Waals surface area contributed by atoms with Crippen molar-refractivity contribution in [1.29, 1.82) is 0 Å². The van der Waals surface area contributed by atoms with E-state index in [1.165, 1.54) is 0 Å². The molecule has 5 heteroatoms. The van der Waals surface area contributed by atoms with Crippen molar-refractivity contribution >= 4 is 11.9 Å². The molecule has 3 atom stereocenters. The molecule has 0 heterocycles. The molecule has 0 spiro atoms. The van der Waals surface area contributed by atoms with Crippen molar-refractivity contribution in [3.63, 3.8) is 0 Å². The number of amides is 1. The Hall–Kier alpha value is -1.10. The molecular weight excluding hydrogens is 208 g/mol. The third-order valence-corrected chi connectivity index (χ3v) is 2.91. The average molecular weight is 230 g/mol. The summed E-state index contributed by atoms with van der Waals surface area (Å²) < 4.78 is 0. The lowest BCUT2D eigenvalue weighted by Gasteiger charge is -2.26. The van der Waals surface area contributed by atoms with Crippen LogP contribution in [0.3, 0.4) is 0 Å². The van der Waals surface area contributed by atoms with E-state index in [-0.39, 0.29) is 17.7 Å². The van der Waals surface area contributed by atoms with Gasteiger partial charge in [0.25, 0.3) is 5.91 Å². The summed E-state index contributed by atoms with van der Waals surface area (Å²) in [7, 11) is 0. The smallest absolute Gasteiger partial charge is 0.278 e. The highest BCUT2D eigenvalue weighted by atomic mass is 16.4. The monoisotopic (exact) mass is 230 g/mol. The van der Waals surface area contributed by atoms with Gasteiger partial charge in [-0.25, -0.2) is 0 Å². The van der Waals surface area contributed by atoms with Gasteiger partial charge < -0.3 is 21.0 Å². The van der Waals surface area contributed by atoms with Crippen LogP contribution in [0.1, 0.15) is 34.1 Å². The molecule has 0 aliphatic carbocycles. The summed E-state index contributed by atoms with van der Waals surface area (Å²) in [6.07, 6.45) is 0.669. The summed E-state index contributed by atoms with van der Waals surface area (Å²) >= 11 is 0. The summed E-state index contributed by atoms with van der Waals surface area (Å²) in [5.74, 6) is -1.63. The van der Waals surface area contributed by atoms with Crippen LogP contribution in [0.15, 0.2) is 0 Å². The molecule has 16 heavy (non-hydrogen) atoms. The molecule has 0 rings (SSSR count). The lowest BCUT2D eigenvalue weighted by Crippen LogP contribution is -2.71. The van der Waals surface area contributed by atoms with Gasteiger partial charge in [-0.2, -0.15) is 0 Å². The Morgan fingerprint density at radius 3 is 2.12 bits per heavy atom. The number of rotatable bonds is 6. The molecule has 0 aromatic heterocycles. The molecule has 0 aliphatic heterocycles. The normalized spacial score (nSPS) is 16.6. The zero-order chi connectivity index (χ0) is 12.9. The van der Waals surface area contributed by atoms with Gasteiger partial charge in [0.05, 0.1) is 12.0 Å². The van der Waals surface area contributed by atoms with E-state index < -0.39 is 18.1 Å². The van der Waals surface area contributed by atoms with Gasteiger partial charge in [0, 0.05) is 5.92 Å². The first-order chi connectivity index (χ1) is 7.31. The first-order valence-electron chi connectivity index (χ1n) is 5.65. The summed E-state index contributed by atoms with van der Waals surface area (Å²) in [5, 5.41) is 13.4. The molecule has 0 fully saturated rings. The highest BCUT2D eigenvalue weighted by Gasteiger charge is 2.26. The molecule has 5 nitrogen and oxygen atoms in total. The molecule has 0 saturated carbocycles. The second-order valence-electron chi connectivity index (χ2n) is 4.54. The van der Waals surface area contributed by atoms with Gasteiger partial charge in [0.2, 0.25) is 0 Å². The Bertz CT molecular complexity index is 254. The predicted molar refractivity (Wildman–Crippen MR) is 57.9 cm³/mol. The molecular formula is C11H22N2O3. The summed E-state index contributed by atoms with van der Waals surface area (Å²) in [4.78, 5) is 22.5. The van der Waals surface area contributed by atoms with Gasteiger partial charge in [-0.1, -0.05) is 34.1 Å². The number of carboxylic acids is 1. The minimum absolute atomic E-state index is 0.0827. The SMILES string of the molecule is CCC(C)C(NC(=O)C([NH3+])C(C)C)C(=O)[O-]. The number of hydrogen-bond acceptors (Lipinski definition) is 3. The van der Waals surface area contributed by atoms with Crippen LogP contribution < -0.4 is 16.2 Å². The first-order valence-corrected chi connectivity index (χ1v) is 5.65. The second-order valence-corrected chi connectivity index (χ2v) is 4.54. The van der Waals surface area contributed by atoms with Crippen molar-refractivity contribution in [2.45, 2.75) is 46.2 Å². The maximum Gasteiger partial charge on any atom is 0.278 e. The Balaban J connectivity index is 4.52. The van der Waals surface area contributed by atoms with Crippen molar-refractivity contribution < 1.29 is 20.4 Å². The predicted octanol–water partition coefficient (Wildman–Crippen LogP) is -1.47. The Morgan fingerprint density at radius 2 is 1.81 bits per heavy atom. The third kappa shape index (κ3) is 4.18. The number of carboxylic acid groups (broad SMARTS) is 1. The van der Waals surface area contributed by atoms with Crippen molar-refractivity contribution in [3.05, 3.63) is 0 Å². The summed E-state index contributed by atoms with van der Waals surface area (Å²) in [6, 6.07) is -1.37. The minimum atomic E-state index is -1.24. The fourth-order valence-electron chi connectivity index (χ4n) is 1.23. The van der Waals surface area contributed by atoms with Crippen LogP contribution in [-0.2, 0) is 9.59 Å². The first kappa shape index (κ1) is 14.9.